The Labute approximate surface area is 144 Å². The second-order valence-electron chi connectivity index (χ2n) is 5.11. The first-order chi connectivity index (χ1) is 11.7. The molecule has 0 spiro atoms. The topological polar surface area (TPSA) is 83.6 Å². The zero-order chi connectivity index (χ0) is 16.5. The Bertz CT molecular complexity index is 1030. The normalized spacial score (nSPS) is 12.4. The molecule has 120 valence electrons. The number of benzene rings is 1. The number of thiophene rings is 1. The van der Waals surface area contributed by atoms with E-state index in [-0.39, 0.29) is 0 Å². The molecule has 0 aliphatic rings. The Morgan fingerprint density at radius 1 is 1.21 bits per heavy atom. The number of nitrogens with zero attached hydrogens (tertiary/aromatic N) is 3. The summed E-state index contributed by atoms with van der Waals surface area (Å²) in [5, 5.41) is 12.3. The van der Waals surface area contributed by atoms with Crippen molar-refractivity contribution in [3.63, 3.8) is 0 Å². The van der Waals surface area contributed by atoms with E-state index in [1.807, 2.05) is 41.8 Å². The number of hydrogen-bond acceptors (Lipinski definition) is 6. The summed E-state index contributed by atoms with van der Waals surface area (Å²) in [6.07, 6.45) is 3.34. The van der Waals surface area contributed by atoms with Crippen molar-refractivity contribution in [2.45, 2.75) is 4.90 Å². The van der Waals surface area contributed by atoms with E-state index in [0.717, 1.165) is 26.5 Å². The molecule has 0 aliphatic carbocycles. The van der Waals surface area contributed by atoms with Crippen LogP contribution in [0.15, 0.2) is 52.9 Å². The highest BCUT2D eigenvalue weighted by Gasteiger charge is 2.12. The first kappa shape index (κ1) is 15.0. The Kier molecular flexibility index (Phi) is 3.83. The van der Waals surface area contributed by atoms with Crippen LogP contribution in [-0.4, -0.2) is 30.6 Å². The zero-order valence-corrected chi connectivity index (χ0v) is 14.3. The fourth-order valence-electron chi connectivity index (χ4n) is 2.34. The van der Waals surface area contributed by atoms with Gasteiger partial charge in [-0.15, -0.1) is 11.3 Å². The van der Waals surface area contributed by atoms with Gasteiger partial charge in [0.15, 0.2) is 11.6 Å². The molecular formula is C16H13N5OS2. The molecule has 24 heavy (non-hydrogen) atoms. The number of nitrogens with one attached hydrogen (secondary N) is 2. The van der Waals surface area contributed by atoms with Crippen molar-refractivity contribution < 1.29 is 4.21 Å². The molecule has 3 heterocycles. The van der Waals surface area contributed by atoms with Crippen molar-refractivity contribution in [2.24, 2.45) is 0 Å². The van der Waals surface area contributed by atoms with E-state index in [0.29, 0.717) is 11.6 Å². The Hall–Kier alpha value is -2.58. The molecule has 2 N–H and O–H groups in total. The van der Waals surface area contributed by atoms with Gasteiger partial charge < -0.3 is 5.32 Å². The lowest BCUT2D eigenvalue weighted by Gasteiger charge is -2.09. The van der Waals surface area contributed by atoms with Crippen molar-refractivity contribution in [2.75, 3.05) is 11.6 Å². The van der Waals surface area contributed by atoms with E-state index in [4.69, 9.17) is 0 Å². The van der Waals surface area contributed by atoms with Gasteiger partial charge in [0, 0.05) is 27.6 Å². The maximum absolute atomic E-state index is 11.7. The molecule has 0 saturated carbocycles. The molecule has 0 amide bonds. The number of anilines is 2. The second-order valence-corrected chi connectivity index (χ2v) is 7.44. The van der Waals surface area contributed by atoms with Crippen LogP contribution in [0.25, 0.3) is 21.7 Å². The fraction of sp³-hybridized carbons (Fsp3) is 0.0625. The molecule has 6 nitrogen and oxygen atoms in total. The van der Waals surface area contributed by atoms with E-state index in [1.54, 1.807) is 23.8 Å². The number of aromatic nitrogens is 4. The van der Waals surface area contributed by atoms with Crippen LogP contribution in [0.2, 0.25) is 0 Å². The lowest BCUT2D eigenvalue weighted by molar-refractivity contribution is 0.687. The summed E-state index contributed by atoms with van der Waals surface area (Å²) in [6.45, 7) is 0. The van der Waals surface area contributed by atoms with Gasteiger partial charge in [-0.1, -0.05) is 12.1 Å². The summed E-state index contributed by atoms with van der Waals surface area (Å²) >= 11 is 1.58. The number of hydrogen-bond donors (Lipinski definition) is 2. The summed E-state index contributed by atoms with van der Waals surface area (Å²) in [6, 6.07) is 11.4. The molecule has 1 atom stereocenters. The van der Waals surface area contributed by atoms with Gasteiger partial charge in [0.1, 0.15) is 11.0 Å². The molecular weight excluding hydrogens is 342 g/mol. The van der Waals surface area contributed by atoms with Gasteiger partial charge in [-0.3, -0.25) is 9.31 Å². The lowest BCUT2D eigenvalue weighted by atomic mass is 10.3. The van der Waals surface area contributed by atoms with Crippen molar-refractivity contribution >= 4 is 44.7 Å². The van der Waals surface area contributed by atoms with Crippen molar-refractivity contribution in [1.82, 2.24) is 20.2 Å². The first-order valence-corrected chi connectivity index (χ1v) is 9.60. The van der Waals surface area contributed by atoms with Crippen LogP contribution in [0.1, 0.15) is 0 Å². The van der Waals surface area contributed by atoms with Crippen molar-refractivity contribution in [3.8, 4) is 10.7 Å². The van der Waals surface area contributed by atoms with Gasteiger partial charge in [-0.25, -0.2) is 9.97 Å². The van der Waals surface area contributed by atoms with Gasteiger partial charge in [-0.2, -0.15) is 5.10 Å². The zero-order valence-electron chi connectivity index (χ0n) is 12.7. The molecule has 1 unspecified atom stereocenters. The smallest absolute Gasteiger partial charge is 0.172 e. The average molecular weight is 355 g/mol. The average Bonchev–Trinajstić information content (AvgIpc) is 3.26. The van der Waals surface area contributed by atoms with Crippen LogP contribution in [0.5, 0.6) is 0 Å². The van der Waals surface area contributed by atoms with Crippen LogP contribution >= 0.6 is 11.3 Å². The molecule has 0 fully saturated rings. The third kappa shape index (κ3) is 2.81. The van der Waals surface area contributed by atoms with Crippen LogP contribution in [0, 0.1) is 0 Å². The molecule has 8 heteroatoms. The van der Waals surface area contributed by atoms with Crippen LogP contribution < -0.4 is 5.32 Å². The largest absolute Gasteiger partial charge is 0.338 e. The van der Waals surface area contributed by atoms with Gasteiger partial charge in [0.2, 0.25) is 0 Å². The Morgan fingerprint density at radius 2 is 2.12 bits per heavy atom. The van der Waals surface area contributed by atoms with E-state index in [2.05, 4.69) is 25.5 Å². The van der Waals surface area contributed by atoms with E-state index in [9.17, 15) is 4.21 Å². The predicted molar refractivity (Wildman–Crippen MR) is 97.1 cm³/mol. The van der Waals surface area contributed by atoms with Gasteiger partial charge in [0.05, 0.1) is 11.1 Å². The minimum absolute atomic E-state index is 0.639. The van der Waals surface area contributed by atoms with Crippen molar-refractivity contribution in [3.05, 3.63) is 48.0 Å². The summed E-state index contributed by atoms with van der Waals surface area (Å²) in [5.41, 5.74) is 2.29. The third-order valence-corrected chi connectivity index (χ3v) is 5.25. The highest BCUT2D eigenvalue weighted by atomic mass is 32.2. The number of aromatic amines is 1. The van der Waals surface area contributed by atoms with Gasteiger partial charge in [-0.05, 0) is 29.6 Å². The monoisotopic (exact) mass is 355 g/mol. The van der Waals surface area contributed by atoms with E-state index in [1.165, 1.54) is 0 Å². The number of H-pyrrole nitrogens is 1. The van der Waals surface area contributed by atoms with Crippen LogP contribution in [0.3, 0.4) is 0 Å². The summed E-state index contributed by atoms with van der Waals surface area (Å²) < 4.78 is 11.7. The Morgan fingerprint density at radius 3 is 2.92 bits per heavy atom. The lowest BCUT2D eigenvalue weighted by Crippen LogP contribution is -1.99. The molecule has 4 aromatic rings. The van der Waals surface area contributed by atoms with Gasteiger partial charge in [0.25, 0.3) is 0 Å². The maximum Gasteiger partial charge on any atom is 0.172 e. The maximum atomic E-state index is 11.7. The summed E-state index contributed by atoms with van der Waals surface area (Å²) in [5.74, 6) is 1.29. The highest BCUT2D eigenvalue weighted by molar-refractivity contribution is 7.84. The number of fused-ring (bicyclic) bond motifs is 1. The molecule has 1 aromatic carbocycles. The predicted octanol–water partition coefficient (Wildman–Crippen LogP) is 3.56. The third-order valence-electron chi connectivity index (χ3n) is 3.47. The number of rotatable bonds is 4. The van der Waals surface area contributed by atoms with Crippen LogP contribution in [-0.2, 0) is 10.8 Å². The minimum Gasteiger partial charge on any atom is -0.338 e. The summed E-state index contributed by atoms with van der Waals surface area (Å²) in [4.78, 5) is 10.9. The summed E-state index contributed by atoms with van der Waals surface area (Å²) in [7, 11) is -1.04. The van der Waals surface area contributed by atoms with E-state index >= 15 is 0 Å². The Balaban J connectivity index is 1.79. The SMILES string of the molecule is CS(=O)c1cccc(Nc2nc(-c3cccs3)nc3cn[nH]c23)c1. The quantitative estimate of drug-likeness (QED) is 0.585. The first-order valence-electron chi connectivity index (χ1n) is 7.16. The van der Waals surface area contributed by atoms with Crippen molar-refractivity contribution in [1.29, 1.82) is 0 Å². The molecule has 0 aliphatic heterocycles. The molecule has 3 aromatic heterocycles. The van der Waals surface area contributed by atoms with Gasteiger partial charge >= 0.3 is 0 Å². The standard InChI is InChI=1S/C16H13N5OS2/c1-24(22)11-5-2-4-10(8-11)18-16-14-12(9-17-21-14)19-15(20-16)13-6-3-7-23-13/h2-9H,1H3,(H,17,21)(H,18,19,20). The molecule has 4 rings (SSSR count). The molecule has 0 radical (unpaired) electrons. The highest BCUT2D eigenvalue weighted by Crippen LogP contribution is 2.28. The van der Waals surface area contributed by atoms with Crippen LogP contribution in [0.4, 0.5) is 11.5 Å². The minimum atomic E-state index is -1.04. The fourth-order valence-corrected chi connectivity index (χ4v) is 3.56. The second kappa shape index (κ2) is 6.14. The van der Waals surface area contributed by atoms with E-state index < -0.39 is 10.8 Å². The molecule has 0 saturated heterocycles. The molecule has 0 bridgehead atoms.